The second kappa shape index (κ2) is 4.79. The summed E-state index contributed by atoms with van der Waals surface area (Å²) in [7, 11) is 2.22. The molecule has 0 aliphatic heterocycles. The van der Waals surface area contributed by atoms with E-state index < -0.39 is 0 Å². The highest BCUT2D eigenvalue weighted by molar-refractivity contribution is 6.67. The van der Waals surface area contributed by atoms with Crippen molar-refractivity contribution in [3.05, 3.63) is 60.2 Å². The molecular formula is C16H18B. The van der Waals surface area contributed by atoms with E-state index in [9.17, 15) is 0 Å². The van der Waals surface area contributed by atoms with Gasteiger partial charge in [0.25, 0.3) is 0 Å². The second-order valence-electron chi connectivity index (χ2n) is 5.43. The predicted molar refractivity (Wildman–Crippen MR) is 76.6 cm³/mol. The Hall–Kier alpha value is -1.50. The quantitative estimate of drug-likeness (QED) is 0.684. The Morgan fingerprint density at radius 2 is 1.41 bits per heavy atom. The molecule has 0 aliphatic rings. The van der Waals surface area contributed by atoms with Crippen LogP contribution in [0, 0.1) is 0 Å². The fourth-order valence-corrected chi connectivity index (χ4v) is 1.84. The highest BCUT2D eigenvalue weighted by atomic mass is 14.2. The molecule has 0 aliphatic carbocycles. The fraction of sp³-hybridized carbons (Fsp3) is 0.250. The minimum atomic E-state index is 0.209. The molecule has 0 heterocycles. The summed E-state index contributed by atoms with van der Waals surface area (Å²) in [6.07, 6.45) is 0. The van der Waals surface area contributed by atoms with Gasteiger partial charge in [0.05, 0.1) is 0 Å². The Labute approximate surface area is 105 Å². The average Bonchev–Trinajstić information content (AvgIpc) is 2.29. The van der Waals surface area contributed by atoms with Gasteiger partial charge in [-0.05, 0) is 11.0 Å². The lowest BCUT2D eigenvalue weighted by Crippen LogP contribution is -2.28. The van der Waals surface area contributed by atoms with Crippen LogP contribution in [0.3, 0.4) is 0 Å². The smallest absolute Gasteiger partial charge is 0.0814 e. The van der Waals surface area contributed by atoms with E-state index in [2.05, 4.69) is 76.6 Å². The molecule has 0 nitrogen and oxygen atoms in total. The van der Waals surface area contributed by atoms with Gasteiger partial charge < -0.3 is 0 Å². The molecule has 1 radical (unpaired) electrons. The van der Waals surface area contributed by atoms with Crippen molar-refractivity contribution in [2.75, 3.05) is 0 Å². The van der Waals surface area contributed by atoms with E-state index >= 15 is 0 Å². The van der Waals surface area contributed by atoms with E-state index in [1.54, 1.807) is 0 Å². The van der Waals surface area contributed by atoms with E-state index in [4.69, 9.17) is 0 Å². The van der Waals surface area contributed by atoms with Crippen molar-refractivity contribution < 1.29 is 0 Å². The molecule has 0 fully saturated rings. The summed E-state index contributed by atoms with van der Waals surface area (Å²) >= 11 is 0. The van der Waals surface area contributed by atoms with E-state index in [1.807, 2.05) is 6.07 Å². The highest BCUT2D eigenvalue weighted by Gasteiger charge is 2.13. The fourth-order valence-electron chi connectivity index (χ4n) is 1.84. The highest BCUT2D eigenvalue weighted by Crippen LogP contribution is 2.20. The van der Waals surface area contributed by atoms with Crippen LogP contribution >= 0.6 is 0 Å². The molecule has 2 rings (SSSR count). The summed E-state index contributed by atoms with van der Waals surface area (Å²) < 4.78 is 0. The van der Waals surface area contributed by atoms with Gasteiger partial charge in [0.15, 0.2) is 7.28 Å². The molecule has 0 saturated carbocycles. The summed E-state index contributed by atoms with van der Waals surface area (Å²) in [5, 5.41) is 0. The molecule has 0 unspecified atom stereocenters. The average molecular weight is 221 g/mol. The monoisotopic (exact) mass is 221 g/mol. The maximum absolute atomic E-state index is 2.27. The summed E-state index contributed by atoms with van der Waals surface area (Å²) in [6.45, 7) is 6.73. The molecule has 17 heavy (non-hydrogen) atoms. The molecule has 0 saturated heterocycles. The zero-order valence-corrected chi connectivity index (χ0v) is 10.8. The van der Waals surface area contributed by atoms with Crippen molar-refractivity contribution in [2.24, 2.45) is 0 Å². The van der Waals surface area contributed by atoms with Crippen molar-refractivity contribution >= 4 is 18.2 Å². The number of benzene rings is 2. The minimum Gasteiger partial charge on any atom is -0.0814 e. The summed E-state index contributed by atoms with van der Waals surface area (Å²) in [6, 6.07) is 19.2. The molecule has 0 spiro atoms. The lowest BCUT2D eigenvalue weighted by atomic mass is 9.63. The Morgan fingerprint density at radius 3 is 2.06 bits per heavy atom. The van der Waals surface area contributed by atoms with Gasteiger partial charge >= 0.3 is 0 Å². The van der Waals surface area contributed by atoms with Crippen molar-refractivity contribution in [2.45, 2.75) is 26.2 Å². The number of hydrogen-bond donors (Lipinski definition) is 0. The zero-order chi connectivity index (χ0) is 12.3. The normalized spacial score (nSPS) is 11.2. The maximum Gasteiger partial charge on any atom is 0.191 e. The van der Waals surface area contributed by atoms with Gasteiger partial charge in [-0.15, -0.1) is 0 Å². The Bertz CT molecular complexity index is 480. The minimum absolute atomic E-state index is 0.209. The van der Waals surface area contributed by atoms with Gasteiger partial charge in [0.1, 0.15) is 0 Å². The van der Waals surface area contributed by atoms with Crippen LogP contribution in [-0.2, 0) is 5.41 Å². The standard InChI is InChI=1S/C16H18B/c1-16(2,3)13-8-7-11-15(12-13)17-14-9-5-4-6-10-14/h4-12H,1-3H3. The molecule has 85 valence electrons. The maximum atomic E-state index is 2.27. The van der Waals surface area contributed by atoms with Crippen LogP contribution in [0.15, 0.2) is 54.6 Å². The third-order valence-electron chi connectivity index (χ3n) is 2.89. The molecule has 2 aromatic carbocycles. The summed E-state index contributed by atoms with van der Waals surface area (Å²) in [4.78, 5) is 0. The van der Waals surface area contributed by atoms with Crippen LogP contribution in [0.2, 0.25) is 0 Å². The number of rotatable bonds is 2. The SMILES string of the molecule is CC(C)(C)c1cccc([B]c2ccccc2)c1. The van der Waals surface area contributed by atoms with Crippen LogP contribution in [0.25, 0.3) is 0 Å². The van der Waals surface area contributed by atoms with Crippen LogP contribution in [0.4, 0.5) is 0 Å². The van der Waals surface area contributed by atoms with Gasteiger partial charge in [-0.1, -0.05) is 86.3 Å². The molecule has 0 N–H and O–H groups in total. The Morgan fingerprint density at radius 1 is 0.765 bits per heavy atom. The van der Waals surface area contributed by atoms with Gasteiger partial charge in [0.2, 0.25) is 0 Å². The predicted octanol–water partition coefficient (Wildman–Crippen LogP) is 2.64. The third-order valence-corrected chi connectivity index (χ3v) is 2.89. The van der Waals surface area contributed by atoms with E-state index in [1.165, 1.54) is 16.5 Å². The van der Waals surface area contributed by atoms with E-state index in [0.717, 1.165) is 0 Å². The first kappa shape index (κ1) is 12.0. The third kappa shape index (κ3) is 3.23. The van der Waals surface area contributed by atoms with Crippen molar-refractivity contribution in [1.82, 2.24) is 0 Å². The lowest BCUT2D eigenvalue weighted by molar-refractivity contribution is 0.591. The van der Waals surface area contributed by atoms with Gasteiger partial charge in [-0.3, -0.25) is 0 Å². The molecule has 0 amide bonds. The Balaban J connectivity index is 2.23. The van der Waals surface area contributed by atoms with E-state index in [-0.39, 0.29) is 5.41 Å². The molecule has 2 aromatic rings. The molecular weight excluding hydrogens is 203 g/mol. The first-order valence-corrected chi connectivity index (χ1v) is 6.06. The zero-order valence-electron chi connectivity index (χ0n) is 10.8. The van der Waals surface area contributed by atoms with Gasteiger partial charge in [-0.2, -0.15) is 0 Å². The first-order valence-electron chi connectivity index (χ1n) is 6.06. The lowest BCUT2D eigenvalue weighted by Gasteiger charge is -2.19. The number of hydrogen-bond acceptors (Lipinski definition) is 0. The largest absolute Gasteiger partial charge is 0.191 e. The molecule has 0 aromatic heterocycles. The first-order chi connectivity index (χ1) is 8.05. The van der Waals surface area contributed by atoms with Crippen molar-refractivity contribution in [1.29, 1.82) is 0 Å². The Kier molecular flexibility index (Phi) is 3.37. The molecule has 1 heteroatoms. The molecule has 0 bridgehead atoms. The van der Waals surface area contributed by atoms with Crippen LogP contribution in [0.1, 0.15) is 26.3 Å². The van der Waals surface area contributed by atoms with Crippen LogP contribution in [-0.4, -0.2) is 7.28 Å². The summed E-state index contributed by atoms with van der Waals surface area (Å²) in [5.74, 6) is 0. The molecule has 0 atom stereocenters. The van der Waals surface area contributed by atoms with Gasteiger partial charge in [0, 0.05) is 0 Å². The van der Waals surface area contributed by atoms with Gasteiger partial charge in [-0.25, -0.2) is 0 Å². The summed E-state index contributed by atoms with van der Waals surface area (Å²) in [5.41, 5.74) is 4.10. The topological polar surface area (TPSA) is 0 Å². The van der Waals surface area contributed by atoms with E-state index in [0.29, 0.717) is 0 Å². The van der Waals surface area contributed by atoms with Crippen LogP contribution < -0.4 is 10.9 Å². The van der Waals surface area contributed by atoms with Crippen LogP contribution in [0.5, 0.6) is 0 Å². The van der Waals surface area contributed by atoms with Crippen molar-refractivity contribution in [3.8, 4) is 0 Å². The second-order valence-corrected chi connectivity index (χ2v) is 5.43. The van der Waals surface area contributed by atoms with Crippen molar-refractivity contribution in [3.63, 3.8) is 0 Å².